The van der Waals surface area contributed by atoms with E-state index in [-0.39, 0.29) is 29.7 Å². The Morgan fingerprint density at radius 3 is 2.56 bits per heavy atom. The molecule has 0 saturated heterocycles. The molecule has 16 heavy (non-hydrogen) atoms. The van der Waals surface area contributed by atoms with Gasteiger partial charge in [0.1, 0.15) is 0 Å². The average molecular weight is 269 g/mol. The van der Waals surface area contributed by atoms with Crippen molar-refractivity contribution in [1.82, 2.24) is 0 Å². The van der Waals surface area contributed by atoms with Crippen molar-refractivity contribution in [2.75, 3.05) is 13.2 Å². The molecule has 0 aliphatic heterocycles. The maximum Gasteiger partial charge on any atom is 0.173 e. The van der Waals surface area contributed by atoms with Crippen LogP contribution in [0.25, 0.3) is 0 Å². The van der Waals surface area contributed by atoms with E-state index in [1.54, 1.807) is 13.0 Å². The Balaban J connectivity index is 0.00000225. The van der Waals surface area contributed by atoms with Crippen LogP contribution in [0.15, 0.2) is 12.1 Å². The first kappa shape index (κ1) is 15.4. The number of rotatable bonds is 4. The smallest absolute Gasteiger partial charge is 0.173 e. The highest BCUT2D eigenvalue weighted by molar-refractivity contribution is 6.32. The second kappa shape index (κ2) is 6.91. The van der Waals surface area contributed by atoms with Gasteiger partial charge in [-0.25, -0.2) is 4.39 Å². The van der Waals surface area contributed by atoms with Crippen molar-refractivity contribution >= 4 is 24.0 Å². The molecule has 0 heterocycles. The SMILES string of the molecule is CCOc1c(F)cc([C@@H](N)CN)cc1Cl.Cl. The Labute approximate surface area is 105 Å². The van der Waals surface area contributed by atoms with Crippen molar-refractivity contribution < 1.29 is 9.13 Å². The van der Waals surface area contributed by atoms with Crippen LogP contribution in [0, 0.1) is 5.82 Å². The monoisotopic (exact) mass is 268 g/mol. The third kappa shape index (κ3) is 3.49. The lowest BCUT2D eigenvalue weighted by Gasteiger charge is -2.13. The van der Waals surface area contributed by atoms with E-state index in [1.807, 2.05) is 0 Å². The second-order valence-electron chi connectivity index (χ2n) is 3.09. The van der Waals surface area contributed by atoms with Crippen LogP contribution >= 0.6 is 24.0 Å². The maximum absolute atomic E-state index is 13.5. The summed E-state index contributed by atoms with van der Waals surface area (Å²) in [7, 11) is 0. The van der Waals surface area contributed by atoms with E-state index in [0.717, 1.165) is 0 Å². The van der Waals surface area contributed by atoms with Crippen LogP contribution < -0.4 is 16.2 Å². The predicted octanol–water partition coefficient (Wildman–Crippen LogP) is 2.26. The molecule has 0 fully saturated rings. The summed E-state index contributed by atoms with van der Waals surface area (Å²) in [6, 6.07) is 2.47. The molecule has 4 N–H and O–H groups in total. The molecule has 0 spiro atoms. The van der Waals surface area contributed by atoms with Gasteiger partial charge in [-0.1, -0.05) is 11.6 Å². The number of hydrogen-bond acceptors (Lipinski definition) is 3. The quantitative estimate of drug-likeness (QED) is 0.881. The Hall–Kier alpha value is -0.550. The van der Waals surface area contributed by atoms with E-state index in [0.29, 0.717) is 12.2 Å². The summed E-state index contributed by atoms with van der Waals surface area (Å²) in [5.74, 6) is -0.449. The standard InChI is InChI=1S/C10H14ClFN2O.ClH/c1-2-15-10-7(11)3-6(4-8(10)12)9(14)5-13;/h3-4,9H,2,5,13-14H2,1H3;1H/t9-;/m0./s1. The van der Waals surface area contributed by atoms with Gasteiger partial charge >= 0.3 is 0 Å². The van der Waals surface area contributed by atoms with Crippen molar-refractivity contribution in [3.8, 4) is 5.75 Å². The van der Waals surface area contributed by atoms with E-state index < -0.39 is 11.9 Å². The summed E-state index contributed by atoms with van der Waals surface area (Å²) in [5.41, 5.74) is 11.6. The third-order valence-electron chi connectivity index (χ3n) is 1.99. The van der Waals surface area contributed by atoms with E-state index in [1.165, 1.54) is 6.07 Å². The largest absolute Gasteiger partial charge is 0.489 e. The highest BCUT2D eigenvalue weighted by Gasteiger charge is 2.13. The van der Waals surface area contributed by atoms with E-state index in [4.69, 9.17) is 27.8 Å². The molecule has 0 aliphatic carbocycles. The highest BCUT2D eigenvalue weighted by atomic mass is 35.5. The van der Waals surface area contributed by atoms with Gasteiger partial charge in [-0.15, -0.1) is 12.4 Å². The molecule has 3 nitrogen and oxygen atoms in total. The first-order valence-corrected chi connectivity index (χ1v) is 5.05. The highest BCUT2D eigenvalue weighted by Crippen LogP contribution is 2.30. The van der Waals surface area contributed by atoms with E-state index in [2.05, 4.69) is 0 Å². The van der Waals surface area contributed by atoms with Crippen LogP contribution in [0.3, 0.4) is 0 Å². The fourth-order valence-electron chi connectivity index (χ4n) is 1.21. The molecule has 0 aromatic heterocycles. The summed E-state index contributed by atoms with van der Waals surface area (Å²) >= 11 is 5.85. The average Bonchev–Trinajstić information content (AvgIpc) is 2.22. The Kier molecular flexibility index (Phi) is 6.67. The lowest BCUT2D eigenvalue weighted by Crippen LogP contribution is -2.20. The molecule has 1 rings (SSSR count). The maximum atomic E-state index is 13.5. The molecule has 1 aromatic carbocycles. The molecular formula is C10H15Cl2FN2O. The van der Waals surface area contributed by atoms with Gasteiger partial charge in [-0.3, -0.25) is 0 Å². The van der Waals surface area contributed by atoms with Crippen LogP contribution in [0.5, 0.6) is 5.75 Å². The minimum absolute atomic E-state index is 0. The van der Waals surface area contributed by atoms with Gasteiger partial charge in [0.05, 0.1) is 11.6 Å². The summed E-state index contributed by atoms with van der Waals surface area (Å²) < 4.78 is 18.5. The molecule has 0 bridgehead atoms. The Morgan fingerprint density at radius 1 is 1.50 bits per heavy atom. The molecular weight excluding hydrogens is 254 g/mol. The van der Waals surface area contributed by atoms with Gasteiger partial charge in [0.2, 0.25) is 0 Å². The molecule has 1 atom stereocenters. The molecule has 6 heteroatoms. The minimum atomic E-state index is -0.511. The van der Waals surface area contributed by atoms with Gasteiger partial charge in [-0.2, -0.15) is 0 Å². The summed E-state index contributed by atoms with van der Waals surface area (Å²) in [6.07, 6.45) is 0. The Bertz CT molecular complexity index is 327. The first-order chi connectivity index (χ1) is 7.10. The zero-order valence-electron chi connectivity index (χ0n) is 8.87. The van der Waals surface area contributed by atoms with Crippen molar-refractivity contribution in [2.45, 2.75) is 13.0 Å². The van der Waals surface area contributed by atoms with Crippen molar-refractivity contribution in [3.63, 3.8) is 0 Å². The van der Waals surface area contributed by atoms with Gasteiger partial charge in [-0.05, 0) is 24.6 Å². The zero-order chi connectivity index (χ0) is 11.4. The Morgan fingerprint density at radius 2 is 2.12 bits per heavy atom. The predicted molar refractivity (Wildman–Crippen MR) is 65.8 cm³/mol. The molecule has 92 valence electrons. The summed E-state index contributed by atoms with van der Waals surface area (Å²) in [5, 5.41) is 0.218. The van der Waals surface area contributed by atoms with Crippen molar-refractivity contribution in [3.05, 3.63) is 28.5 Å². The number of benzene rings is 1. The number of nitrogens with two attached hydrogens (primary N) is 2. The van der Waals surface area contributed by atoms with Crippen LogP contribution in [-0.2, 0) is 0 Å². The van der Waals surface area contributed by atoms with Gasteiger partial charge in [0.25, 0.3) is 0 Å². The lowest BCUT2D eigenvalue weighted by molar-refractivity contribution is 0.321. The zero-order valence-corrected chi connectivity index (χ0v) is 10.4. The molecule has 0 aliphatic rings. The minimum Gasteiger partial charge on any atom is -0.489 e. The van der Waals surface area contributed by atoms with Crippen molar-refractivity contribution in [2.24, 2.45) is 11.5 Å². The number of ether oxygens (including phenoxy) is 1. The van der Waals surface area contributed by atoms with Crippen LogP contribution in [0.1, 0.15) is 18.5 Å². The van der Waals surface area contributed by atoms with Crippen LogP contribution in [-0.4, -0.2) is 13.2 Å². The van der Waals surface area contributed by atoms with E-state index in [9.17, 15) is 4.39 Å². The van der Waals surface area contributed by atoms with Crippen LogP contribution in [0.2, 0.25) is 5.02 Å². The van der Waals surface area contributed by atoms with Gasteiger partial charge in [0.15, 0.2) is 11.6 Å². The molecule has 0 saturated carbocycles. The number of hydrogen-bond donors (Lipinski definition) is 2. The van der Waals surface area contributed by atoms with Gasteiger partial charge < -0.3 is 16.2 Å². The molecule has 0 unspecified atom stereocenters. The van der Waals surface area contributed by atoms with E-state index >= 15 is 0 Å². The second-order valence-corrected chi connectivity index (χ2v) is 3.50. The molecule has 0 radical (unpaired) electrons. The van der Waals surface area contributed by atoms with Crippen molar-refractivity contribution in [1.29, 1.82) is 0 Å². The summed E-state index contributed by atoms with van der Waals surface area (Å²) in [4.78, 5) is 0. The molecule has 1 aromatic rings. The fraction of sp³-hybridized carbons (Fsp3) is 0.400. The topological polar surface area (TPSA) is 61.3 Å². The van der Waals surface area contributed by atoms with Gasteiger partial charge in [0, 0.05) is 12.6 Å². The number of halogens is 3. The summed E-state index contributed by atoms with van der Waals surface area (Å²) in [6.45, 7) is 2.36. The lowest BCUT2D eigenvalue weighted by atomic mass is 10.1. The first-order valence-electron chi connectivity index (χ1n) is 4.67. The van der Waals surface area contributed by atoms with Crippen LogP contribution in [0.4, 0.5) is 4.39 Å². The molecule has 0 amide bonds. The third-order valence-corrected chi connectivity index (χ3v) is 2.27. The normalized spacial score (nSPS) is 11.8. The fourth-order valence-corrected chi connectivity index (χ4v) is 1.48.